The van der Waals surface area contributed by atoms with Crippen LogP contribution in [0.4, 0.5) is 0 Å². The fourth-order valence-electron chi connectivity index (χ4n) is 3.39. The Bertz CT molecular complexity index is 314. The molecule has 0 aromatic heterocycles. The number of piperidine rings is 2. The first-order chi connectivity index (χ1) is 9.22. The van der Waals surface area contributed by atoms with Crippen LogP contribution in [0, 0.1) is 11.8 Å². The highest BCUT2D eigenvalue weighted by Crippen LogP contribution is 2.32. The number of nitrogens with zero attached hydrogens (tertiary/aromatic N) is 2. The molecule has 1 N–H and O–H groups in total. The Morgan fingerprint density at radius 2 is 1.58 bits per heavy atom. The zero-order valence-corrected chi connectivity index (χ0v) is 11.8. The first-order valence-electron chi connectivity index (χ1n) is 7.91. The van der Waals surface area contributed by atoms with Crippen molar-refractivity contribution in [3.8, 4) is 0 Å². The van der Waals surface area contributed by atoms with E-state index in [4.69, 9.17) is 0 Å². The van der Waals surface area contributed by atoms with E-state index in [0.717, 1.165) is 77.2 Å². The second-order valence-electron chi connectivity index (χ2n) is 6.57. The first-order valence-corrected chi connectivity index (χ1v) is 7.91. The summed E-state index contributed by atoms with van der Waals surface area (Å²) in [6.45, 7) is 5.19. The predicted octanol–water partition coefficient (Wildman–Crippen LogP) is 1.09. The Labute approximate surface area is 115 Å². The number of likely N-dealkylation sites (tertiary alicyclic amines) is 2. The van der Waals surface area contributed by atoms with Crippen LogP contribution < -0.4 is 0 Å². The topological polar surface area (TPSA) is 43.8 Å². The van der Waals surface area contributed by atoms with Crippen LogP contribution in [-0.2, 0) is 4.79 Å². The SMILES string of the molecule is O=C(C1CC1)N1CCC(CN2CCC(O)CC2)CC1. The number of aliphatic hydroxyl groups excluding tert-OH is 1. The highest BCUT2D eigenvalue weighted by molar-refractivity contribution is 5.81. The molecule has 3 aliphatic rings. The molecule has 2 heterocycles. The Balaban J connectivity index is 1.39. The number of carbonyl (C=O) groups is 1. The molecule has 0 spiro atoms. The molecule has 0 atom stereocenters. The van der Waals surface area contributed by atoms with Gasteiger partial charge in [0.25, 0.3) is 0 Å². The molecule has 1 aliphatic carbocycles. The molecular weight excluding hydrogens is 240 g/mol. The van der Waals surface area contributed by atoms with Gasteiger partial charge in [-0.2, -0.15) is 0 Å². The summed E-state index contributed by atoms with van der Waals surface area (Å²) < 4.78 is 0. The van der Waals surface area contributed by atoms with Crippen LogP contribution in [0.3, 0.4) is 0 Å². The van der Waals surface area contributed by atoms with E-state index in [9.17, 15) is 9.90 Å². The molecule has 1 saturated carbocycles. The summed E-state index contributed by atoms with van der Waals surface area (Å²) in [6.07, 6.45) is 6.35. The van der Waals surface area contributed by atoms with Crippen LogP contribution in [0.15, 0.2) is 0 Å². The van der Waals surface area contributed by atoms with E-state index in [0.29, 0.717) is 11.8 Å². The van der Waals surface area contributed by atoms with Crippen molar-refractivity contribution in [2.45, 2.75) is 44.6 Å². The number of hydrogen-bond donors (Lipinski definition) is 1. The number of aliphatic hydroxyl groups is 1. The molecule has 1 amide bonds. The highest BCUT2D eigenvalue weighted by Gasteiger charge is 2.35. The van der Waals surface area contributed by atoms with Crippen molar-refractivity contribution in [1.29, 1.82) is 0 Å². The monoisotopic (exact) mass is 266 g/mol. The third-order valence-corrected chi connectivity index (χ3v) is 4.93. The quantitative estimate of drug-likeness (QED) is 0.831. The molecule has 0 bridgehead atoms. The van der Waals surface area contributed by atoms with E-state index in [2.05, 4.69) is 9.80 Å². The molecule has 0 aromatic rings. The zero-order valence-electron chi connectivity index (χ0n) is 11.8. The van der Waals surface area contributed by atoms with E-state index in [-0.39, 0.29) is 6.10 Å². The van der Waals surface area contributed by atoms with Crippen LogP contribution in [0.2, 0.25) is 0 Å². The summed E-state index contributed by atoms with van der Waals surface area (Å²) in [4.78, 5) is 16.6. The van der Waals surface area contributed by atoms with Crippen LogP contribution in [0.1, 0.15) is 38.5 Å². The Hall–Kier alpha value is -0.610. The second kappa shape index (κ2) is 5.80. The largest absolute Gasteiger partial charge is 0.393 e. The summed E-state index contributed by atoms with van der Waals surface area (Å²) in [6, 6.07) is 0. The van der Waals surface area contributed by atoms with E-state index < -0.39 is 0 Å². The molecular formula is C15H26N2O2. The molecule has 19 heavy (non-hydrogen) atoms. The van der Waals surface area contributed by atoms with Gasteiger partial charge in [-0.1, -0.05) is 0 Å². The van der Waals surface area contributed by atoms with Crippen molar-refractivity contribution in [3.63, 3.8) is 0 Å². The van der Waals surface area contributed by atoms with Crippen molar-refractivity contribution in [3.05, 3.63) is 0 Å². The molecule has 0 aromatic carbocycles. The minimum Gasteiger partial charge on any atom is -0.393 e. The average Bonchev–Trinajstić information content (AvgIpc) is 3.26. The van der Waals surface area contributed by atoms with Gasteiger partial charge in [0.15, 0.2) is 0 Å². The van der Waals surface area contributed by atoms with E-state index >= 15 is 0 Å². The fraction of sp³-hybridized carbons (Fsp3) is 0.933. The van der Waals surface area contributed by atoms with Crippen LogP contribution in [0.25, 0.3) is 0 Å². The van der Waals surface area contributed by atoms with Crippen molar-refractivity contribution in [1.82, 2.24) is 9.80 Å². The number of rotatable bonds is 3. The maximum Gasteiger partial charge on any atom is 0.225 e. The summed E-state index contributed by atoms with van der Waals surface area (Å²) in [5.41, 5.74) is 0. The van der Waals surface area contributed by atoms with Crippen molar-refractivity contribution in [2.24, 2.45) is 11.8 Å². The number of amides is 1. The molecule has 4 heteroatoms. The third kappa shape index (κ3) is 3.48. The molecule has 2 aliphatic heterocycles. The Morgan fingerprint density at radius 1 is 0.947 bits per heavy atom. The summed E-state index contributed by atoms with van der Waals surface area (Å²) in [5, 5.41) is 9.52. The van der Waals surface area contributed by atoms with Gasteiger partial charge in [-0.3, -0.25) is 4.79 Å². The molecule has 2 saturated heterocycles. The normalized spacial score (nSPS) is 27.7. The van der Waals surface area contributed by atoms with E-state index in [1.807, 2.05) is 0 Å². The lowest BCUT2D eigenvalue weighted by Gasteiger charge is -2.37. The minimum atomic E-state index is -0.0748. The van der Waals surface area contributed by atoms with Gasteiger partial charge in [0.05, 0.1) is 6.10 Å². The van der Waals surface area contributed by atoms with Gasteiger partial charge in [0.1, 0.15) is 0 Å². The lowest BCUT2D eigenvalue weighted by molar-refractivity contribution is -0.134. The van der Waals surface area contributed by atoms with Crippen molar-refractivity contribution in [2.75, 3.05) is 32.7 Å². The van der Waals surface area contributed by atoms with Gasteiger partial charge in [0, 0.05) is 38.6 Å². The van der Waals surface area contributed by atoms with Crippen LogP contribution in [0.5, 0.6) is 0 Å². The lowest BCUT2D eigenvalue weighted by atomic mass is 9.95. The first kappa shape index (κ1) is 13.4. The molecule has 3 rings (SSSR count). The molecule has 108 valence electrons. The van der Waals surface area contributed by atoms with Crippen molar-refractivity contribution >= 4 is 5.91 Å². The van der Waals surface area contributed by atoms with Gasteiger partial charge < -0.3 is 14.9 Å². The lowest BCUT2D eigenvalue weighted by Crippen LogP contribution is -2.44. The summed E-state index contributed by atoms with van der Waals surface area (Å²) in [7, 11) is 0. The smallest absolute Gasteiger partial charge is 0.225 e. The van der Waals surface area contributed by atoms with Crippen LogP contribution >= 0.6 is 0 Å². The predicted molar refractivity (Wildman–Crippen MR) is 73.7 cm³/mol. The fourth-order valence-corrected chi connectivity index (χ4v) is 3.39. The minimum absolute atomic E-state index is 0.0748. The average molecular weight is 266 g/mol. The Morgan fingerprint density at radius 3 is 2.16 bits per heavy atom. The third-order valence-electron chi connectivity index (χ3n) is 4.93. The zero-order chi connectivity index (χ0) is 13.2. The van der Waals surface area contributed by atoms with Crippen molar-refractivity contribution < 1.29 is 9.90 Å². The molecule has 0 radical (unpaired) electrons. The maximum atomic E-state index is 12.0. The summed E-state index contributed by atoms with van der Waals surface area (Å²) in [5.74, 6) is 1.54. The van der Waals surface area contributed by atoms with E-state index in [1.165, 1.54) is 0 Å². The molecule has 0 unspecified atom stereocenters. The van der Waals surface area contributed by atoms with E-state index in [1.54, 1.807) is 0 Å². The van der Waals surface area contributed by atoms with Gasteiger partial charge in [-0.15, -0.1) is 0 Å². The second-order valence-corrected chi connectivity index (χ2v) is 6.57. The number of hydrogen-bond acceptors (Lipinski definition) is 3. The van der Waals surface area contributed by atoms with Crippen LogP contribution in [-0.4, -0.2) is 59.6 Å². The maximum absolute atomic E-state index is 12.0. The summed E-state index contributed by atoms with van der Waals surface area (Å²) >= 11 is 0. The van der Waals surface area contributed by atoms with Gasteiger partial charge >= 0.3 is 0 Å². The molecule has 4 nitrogen and oxygen atoms in total. The van der Waals surface area contributed by atoms with Gasteiger partial charge in [0.2, 0.25) is 5.91 Å². The van der Waals surface area contributed by atoms with Gasteiger partial charge in [-0.05, 0) is 44.4 Å². The number of carbonyl (C=O) groups excluding carboxylic acids is 1. The standard InChI is InChI=1S/C15H26N2O2/c18-14-5-7-16(8-6-14)11-12-3-9-17(10-4-12)15(19)13-1-2-13/h12-14,18H,1-11H2. The molecule has 3 fully saturated rings. The highest BCUT2D eigenvalue weighted by atomic mass is 16.3. The Kier molecular flexibility index (Phi) is 4.08. The van der Waals surface area contributed by atoms with Gasteiger partial charge in [-0.25, -0.2) is 0 Å².